The van der Waals surface area contributed by atoms with E-state index in [1.807, 2.05) is 12.2 Å². The molecule has 0 aromatic rings. The van der Waals surface area contributed by atoms with Crippen molar-refractivity contribution in [1.82, 2.24) is 0 Å². The standard InChI is InChI=1S/C12H12O5/c1-15-11-9(13)7-5-3-4-6(17-5)8(7)10(14)12(11)16-2/h3-8H,1-2H3/t5-,6+,7+,8-. The molecule has 4 atom stereocenters. The Morgan fingerprint density at radius 3 is 1.71 bits per heavy atom. The number of fused-ring (bicyclic) bond motifs is 5. The van der Waals surface area contributed by atoms with Crippen LogP contribution in [-0.4, -0.2) is 38.0 Å². The monoisotopic (exact) mass is 236 g/mol. The van der Waals surface area contributed by atoms with Crippen LogP contribution in [0.25, 0.3) is 0 Å². The summed E-state index contributed by atoms with van der Waals surface area (Å²) in [5.41, 5.74) is 0. The van der Waals surface area contributed by atoms with E-state index in [0.717, 1.165) is 0 Å². The van der Waals surface area contributed by atoms with Crippen LogP contribution in [0, 0.1) is 11.8 Å². The van der Waals surface area contributed by atoms with Crippen molar-refractivity contribution in [3.05, 3.63) is 23.7 Å². The highest BCUT2D eigenvalue weighted by molar-refractivity contribution is 6.12. The lowest BCUT2D eigenvalue weighted by atomic mass is 9.73. The molecule has 0 amide bonds. The summed E-state index contributed by atoms with van der Waals surface area (Å²) in [6, 6.07) is 0. The molecular formula is C12H12O5. The Bertz CT molecular complexity index is 422. The molecule has 5 nitrogen and oxygen atoms in total. The first-order valence-corrected chi connectivity index (χ1v) is 5.43. The normalized spacial score (nSPS) is 38.7. The van der Waals surface area contributed by atoms with Crippen molar-refractivity contribution in [3.8, 4) is 0 Å². The Morgan fingerprint density at radius 2 is 1.35 bits per heavy atom. The second-order valence-electron chi connectivity index (χ2n) is 4.30. The minimum atomic E-state index is -0.452. The first-order chi connectivity index (χ1) is 8.19. The lowest BCUT2D eigenvalue weighted by molar-refractivity contribution is -0.135. The largest absolute Gasteiger partial charge is 0.490 e. The molecule has 1 aliphatic carbocycles. The molecule has 3 rings (SSSR count). The van der Waals surface area contributed by atoms with Crippen molar-refractivity contribution < 1.29 is 23.8 Å². The minimum Gasteiger partial charge on any atom is -0.490 e. The van der Waals surface area contributed by atoms with E-state index < -0.39 is 11.8 Å². The van der Waals surface area contributed by atoms with Crippen LogP contribution < -0.4 is 0 Å². The van der Waals surface area contributed by atoms with E-state index >= 15 is 0 Å². The first kappa shape index (κ1) is 10.5. The van der Waals surface area contributed by atoms with Gasteiger partial charge in [0.15, 0.2) is 0 Å². The van der Waals surface area contributed by atoms with Crippen molar-refractivity contribution in [1.29, 1.82) is 0 Å². The molecule has 3 aliphatic rings. The average molecular weight is 236 g/mol. The van der Waals surface area contributed by atoms with Crippen molar-refractivity contribution in [3.63, 3.8) is 0 Å². The smallest absolute Gasteiger partial charge is 0.208 e. The Labute approximate surface area is 98.0 Å². The number of carbonyl (C=O) groups excluding carboxylic acids is 2. The van der Waals surface area contributed by atoms with Gasteiger partial charge >= 0.3 is 0 Å². The highest BCUT2D eigenvalue weighted by Crippen LogP contribution is 2.45. The first-order valence-electron chi connectivity index (χ1n) is 5.43. The van der Waals surface area contributed by atoms with Crippen LogP contribution in [0.4, 0.5) is 0 Å². The van der Waals surface area contributed by atoms with Crippen molar-refractivity contribution in [2.24, 2.45) is 11.8 Å². The van der Waals surface area contributed by atoms with Gasteiger partial charge in [-0.15, -0.1) is 0 Å². The highest BCUT2D eigenvalue weighted by atomic mass is 16.5. The fourth-order valence-corrected chi connectivity index (χ4v) is 2.85. The predicted octanol–water partition coefficient (Wildman–Crippen LogP) is 0.212. The van der Waals surface area contributed by atoms with Gasteiger partial charge in [0.1, 0.15) is 0 Å². The van der Waals surface area contributed by atoms with Gasteiger partial charge in [-0.2, -0.15) is 0 Å². The third-order valence-corrected chi connectivity index (χ3v) is 3.57. The molecule has 0 N–H and O–H groups in total. The summed E-state index contributed by atoms with van der Waals surface area (Å²) in [5, 5.41) is 0. The van der Waals surface area contributed by atoms with Crippen LogP contribution in [-0.2, 0) is 23.8 Å². The summed E-state index contributed by atoms with van der Waals surface area (Å²) >= 11 is 0. The molecule has 0 radical (unpaired) electrons. The second kappa shape index (κ2) is 3.43. The molecule has 17 heavy (non-hydrogen) atoms. The van der Waals surface area contributed by atoms with Crippen molar-refractivity contribution in [2.75, 3.05) is 14.2 Å². The Kier molecular flexibility index (Phi) is 2.13. The summed E-state index contributed by atoms with van der Waals surface area (Å²) in [6.45, 7) is 0. The van der Waals surface area contributed by atoms with Crippen molar-refractivity contribution in [2.45, 2.75) is 12.2 Å². The number of ketones is 2. The third kappa shape index (κ3) is 1.17. The molecule has 0 aromatic heterocycles. The van der Waals surface area contributed by atoms with Gasteiger partial charge in [0.05, 0.1) is 38.3 Å². The second-order valence-corrected chi connectivity index (χ2v) is 4.30. The number of rotatable bonds is 2. The van der Waals surface area contributed by atoms with Gasteiger partial charge in [0, 0.05) is 0 Å². The maximum atomic E-state index is 12.2. The van der Waals surface area contributed by atoms with Crippen LogP contribution in [0.1, 0.15) is 0 Å². The number of carbonyl (C=O) groups is 2. The quantitative estimate of drug-likeness (QED) is 0.641. The topological polar surface area (TPSA) is 61.8 Å². The van der Waals surface area contributed by atoms with Gasteiger partial charge in [-0.3, -0.25) is 9.59 Å². The molecule has 90 valence electrons. The maximum absolute atomic E-state index is 12.2. The van der Waals surface area contributed by atoms with Crippen LogP contribution in [0.2, 0.25) is 0 Å². The predicted molar refractivity (Wildman–Crippen MR) is 55.8 cm³/mol. The van der Waals surface area contributed by atoms with Gasteiger partial charge in [-0.25, -0.2) is 0 Å². The summed E-state index contributed by atoms with van der Waals surface area (Å²) < 4.78 is 15.6. The summed E-state index contributed by atoms with van der Waals surface area (Å²) in [5.74, 6) is -1.28. The molecule has 0 saturated carbocycles. The van der Waals surface area contributed by atoms with E-state index in [4.69, 9.17) is 14.2 Å². The van der Waals surface area contributed by atoms with Gasteiger partial charge in [0.2, 0.25) is 23.1 Å². The number of allylic oxidation sites excluding steroid dienone is 2. The molecule has 1 saturated heterocycles. The molecule has 2 aliphatic heterocycles. The number of hydrogen-bond acceptors (Lipinski definition) is 5. The van der Waals surface area contributed by atoms with E-state index in [-0.39, 0.29) is 35.3 Å². The number of ether oxygens (including phenoxy) is 3. The van der Waals surface area contributed by atoms with Crippen LogP contribution >= 0.6 is 0 Å². The molecule has 0 unspecified atom stereocenters. The Balaban J connectivity index is 2.10. The summed E-state index contributed by atoms with van der Waals surface area (Å²) in [6.07, 6.45) is 3.07. The summed E-state index contributed by atoms with van der Waals surface area (Å²) in [7, 11) is 2.73. The van der Waals surface area contributed by atoms with Gasteiger partial charge in [-0.1, -0.05) is 12.2 Å². The number of hydrogen-bond donors (Lipinski definition) is 0. The SMILES string of the molecule is COC1=C(OC)C(=O)[C@H]2[C@@H](C1=O)[C@H]1C=C[C@@H]2O1. The van der Waals surface area contributed by atoms with E-state index in [1.165, 1.54) is 14.2 Å². The summed E-state index contributed by atoms with van der Waals surface area (Å²) in [4.78, 5) is 24.4. The average Bonchev–Trinajstić information content (AvgIpc) is 2.93. The molecule has 0 aromatic carbocycles. The molecule has 2 bridgehead atoms. The van der Waals surface area contributed by atoms with Gasteiger partial charge in [0.25, 0.3) is 0 Å². The lowest BCUT2D eigenvalue weighted by Gasteiger charge is -2.28. The highest BCUT2D eigenvalue weighted by Gasteiger charge is 2.58. The van der Waals surface area contributed by atoms with Crippen LogP contribution in [0.3, 0.4) is 0 Å². The third-order valence-electron chi connectivity index (χ3n) is 3.57. The minimum absolute atomic E-state index is 0.0169. The van der Waals surface area contributed by atoms with E-state index in [2.05, 4.69) is 0 Å². The Hall–Kier alpha value is -1.62. The number of methoxy groups -OCH3 is 2. The molecule has 5 heteroatoms. The molecule has 2 heterocycles. The van der Waals surface area contributed by atoms with E-state index in [0.29, 0.717) is 0 Å². The zero-order chi connectivity index (χ0) is 12.2. The zero-order valence-corrected chi connectivity index (χ0v) is 9.51. The Morgan fingerprint density at radius 1 is 0.941 bits per heavy atom. The maximum Gasteiger partial charge on any atom is 0.208 e. The van der Waals surface area contributed by atoms with Crippen molar-refractivity contribution >= 4 is 11.6 Å². The molecular weight excluding hydrogens is 224 g/mol. The lowest BCUT2D eigenvalue weighted by Crippen LogP contribution is -2.43. The van der Waals surface area contributed by atoms with E-state index in [9.17, 15) is 9.59 Å². The zero-order valence-electron chi connectivity index (χ0n) is 9.51. The van der Waals surface area contributed by atoms with Gasteiger partial charge < -0.3 is 14.2 Å². The molecule has 1 fully saturated rings. The molecule has 0 spiro atoms. The number of Topliss-reactive ketones (excluding diaryl/α,β-unsaturated/α-hetero) is 2. The van der Waals surface area contributed by atoms with Gasteiger partial charge in [-0.05, 0) is 0 Å². The fraction of sp³-hybridized carbons (Fsp3) is 0.500. The van der Waals surface area contributed by atoms with Crippen LogP contribution in [0.15, 0.2) is 23.7 Å². The van der Waals surface area contributed by atoms with Crippen LogP contribution in [0.5, 0.6) is 0 Å². The van der Waals surface area contributed by atoms with E-state index in [1.54, 1.807) is 0 Å². The fourth-order valence-electron chi connectivity index (χ4n) is 2.85.